The van der Waals surface area contributed by atoms with E-state index in [4.69, 9.17) is 0 Å². The third-order valence-corrected chi connectivity index (χ3v) is 4.45. The van der Waals surface area contributed by atoms with Crippen molar-refractivity contribution in [2.45, 2.75) is 51.6 Å². The summed E-state index contributed by atoms with van der Waals surface area (Å²) in [5.41, 5.74) is 1.01. The third-order valence-electron chi connectivity index (χ3n) is 4.45. The largest absolute Gasteiger partial charge is 0.297 e. The lowest BCUT2D eigenvalue weighted by atomic mass is 10.2. The van der Waals surface area contributed by atoms with Crippen LogP contribution in [0.3, 0.4) is 0 Å². The normalized spacial score (nSPS) is 21.3. The Labute approximate surface area is 147 Å². The summed E-state index contributed by atoms with van der Waals surface area (Å²) in [5, 5.41) is 11.9. The van der Waals surface area contributed by atoms with E-state index in [0.29, 0.717) is 26.1 Å². The average molecular weight is 348 g/mol. The number of tetrazole rings is 1. The lowest BCUT2D eigenvalue weighted by Crippen LogP contribution is -2.38. The Morgan fingerprint density at radius 3 is 2.88 bits per heavy atom. The van der Waals surface area contributed by atoms with Gasteiger partial charge in [-0.25, -0.2) is 19.0 Å². The molecule has 1 saturated heterocycles. The van der Waals surface area contributed by atoms with Crippen LogP contribution < -0.4 is 0 Å². The molecule has 0 saturated carbocycles. The number of aromatic nitrogens is 6. The van der Waals surface area contributed by atoms with E-state index in [0.717, 1.165) is 30.9 Å². The number of rotatable bonds is 8. The van der Waals surface area contributed by atoms with Gasteiger partial charge in [0.05, 0.1) is 6.54 Å². The van der Waals surface area contributed by atoms with Crippen LogP contribution in [0.15, 0.2) is 18.7 Å². The molecule has 0 unspecified atom stereocenters. The van der Waals surface area contributed by atoms with E-state index in [1.54, 1.807) is 12.4 Å². The molecule has 0 amide bonds. The van der Waals surface area contributed by atoms with E-state index < -0.39 is 6.17 Å². The Balaban J connectivity index is 1.58. The fraction of sp³-hybridized carbons (Fsp3) is 0.688. The van der Waals surface area contributed by atoms with E-state index in [2.05, 4.69) is 42.2 Å². The molecule has 2 aromatic rings. The topological polar surface area (TPSA) is 75.9 Å². The minimum atomic E-state index is -0.784. The number of alkyl halides is 1. The van der Waals surface area contributed by atoms with Gasteiger partial charge in [-0.15, -0.1) is 5.10 Å². The molecule has 2 atom stereocenters. The van der Waals surface area contributed by atoms with Crippen molar-refractivity contribution in [1.29, 1.82) is 0 Å². The van der Waals surface area contributed by atoms with Crippen molar-refractivity contribution in [3.8, 4) is 0 Å². The zero-order chi connectivity index (χ0) is 17.6. The van der Waals surface area contributed by atoms with Crippen molar-refractivity contribution in [3.05, 3.63) is 30.1 Å². The number of nitrogens with zero attached hydrogens (tertiary/aromatic N) is 8. The molecule has 1 fully saturated rings. The molecule has 2 aromatic heterocycles. The van der Waals surface area contributed by atoms with Crippen molar-refractivity contribution >= 4 is 0 Å². The van der Waals surface area contributed by atoms with Crippen molar-refractivity contribution in [3.63, 3.8) is 0 Å². The summed E-state index contributed by atoms with van der Waals surface area (Å²) in [4.78, 5) is 12.4. The average Bonchev–Trinajstić information content (AvgIpc) is 3.15. The van der Waals surface area contributed by atoms with Crippen LogP contribution in [0.1, 0.15) is 31.2 Å². The number of aryl methyl sites for hydroxylation is 1. The molecule has 9 heteroatoms. The van der Waals surface area contributed by atoms with E-state index in [9.17, 15) is 4.39 Å². The maximum atomic E-state index is 14.0. The van der Waals surface area contributed by atoms with Crippen molar-refractivity contribution < 1.29 is 4.39 Å². The van der Waals surface area contributed by atoms with Crippen LogP contribution in [0.5, 0.6) is 0 Å². The number of hydrogen-bond donors (Lipinski definition) is 0. The van der Waals surface area contributed by atoms with Crippen LogP contribution in [0.4, 0.5) is 4.39 Å². The minimum Gasteiger partial charge on any atom is -0.297 e. The molecule has 0 aromatic carbocycles. The second kappa shape index (κ2) is 8.39. The van der Waals surface area contributed by atoms with Crippen LogP contribution >= 0.6 is 0 Å². The van der Waals surface area contributed by atoms with Gasteiger partial charge in [0.1, 0.15) is 12.5 Å². The number of halogens is 1. The first-order valence-electron chi connectivity index (χ1n) is 8.71. The monoisotopic (exact) mass is 348 g/mol. The van der Waals surface area contributed by atoms with Gasteiger partial charge in [-0.1, -0.05) is 6.92 Å². The van der Waals surface area contributed by atoms with Gasteiger partial charge in [0.25, 0.3) is 0 Å². The fourth-order valence-electron chi connectivity index (χ4n) is 3.34. The smallest absolute Gasteiger partial charge is 0.165 e. The second-order valence-electron chi connectivity index (χ2n) is 6.68. The van der Waals surface area contributed by atoms with Crippen molar-refractivity contribution in [1.82, 2.24) is 40.0 Å². The standard InChI is InChI=1S/C16H25FN8/c1-3-4-25-16(20-21-22-25)11-23(2)10-15-5-14(17)9-24(15)8-13-6-18-12-19-7-13/h6-7,12,14-15H,3-5,8-11H2,1-2H3/t14-,15-/m0/s1. The van der Waals surface area contributed by atoms with E-state index >= 15 is 0 Å². The van der Waals surface area contributed by atoms with Gasteiger partial charge in [-0.05, 0) is 30.3 Å². The second-order valence-corrected chi connectivity index (χ2v) is 6.68. The zero-order valence-corrected chi connectivity index (χ0v) is 14.8. The molecule has 25 heavy (non-hydrogen) atoms. The Kier molecular flexibility index (Phi) is 5.98. The van der Waals surface area contributed by atoms with Gasteiger partial charge in [0.15, 0.2) is 5.82 Å². The molecule has 3 rings (SSSR count). The van der Waals surface area contributed by atoms with Gasteiger partial charge in [0, 0.05) is 50.2 Å². The zero-order valence-electron chi connectivity index (χ0n) is 14.8. The Bertz CT molecular complexity index is 649. The molecule has 1 aliphatic heterocycles. The van der Waals surface area contributed by atoms with E-state index in [1.165, 1.54) is 6.33 Å². The van der Waals surface area contributed by atoms with Crippen molar-refractivity contribution in [2.75, 3.05) is 20.1 Å². The summed E-state index contributed by atoms with van der Waals surface area (Å²) in [5.74, 6) is 0.849. The third kappa shape index (κ3) is 4.76. The molecular formula is C16H25FN8. The lowest BCUT2D eigenvalue weighted by Gasteiger charge is -2.28. The summed E-state index contributed by atoms with van der Waals surface area (Å²) in [6, 6.07) is 0.163. The molecule has 0 N–H and O–H groups in total. The first kappa shape index (κ1) is 17.8. The highest BCUT2D eigenvalue weighted by Gasteiger charge is 2.32. The first-order valence-corrected chi connectivity index (χ1v) is 8.71. The Morgan fingerprint density at radius 2 is 2.12 bits per heavy atom. The molecule has 0 spiro atoms. The summed E-state index contributed by atoms with van der Waals surface area (Å²) in [6.07, 6.45) is 5.85. The summed E-state index contributed by atoms with van der Waals surface area (Å²) in [6.45, 7) is 5.47. The highest BCUT2D eigenvalue weighted by atomic mass is 19.1. The molecule has 0 bridgehead atoms. The molecule has 8 nitrogen and oxygen atoms in total. The van der Waals surface area contributed by atoms with Crippen LogP contribution in [-0.2, 0) is 19.6 Å². The highest BCUT2D eigenvalue weighted by molar-refractivity contribution is 5.04. The summed E-state index contributed by atoms with van der Waals surface area (Å²) < 4.78 is 15.8. The number of likely N-dealkylation sites (tertiary alicyclic amines) is 1. The SMILES string of the molecule is CCCn1nnnc1CN(C)C[C@@H]1C[C@H](F)CN1Cc1cncnc1. The highest BCUT2D eigenvalue weighted by Crippen LogP contribution is 2.23. The van der Waals surface area contributed by atoms with Gasteiger partial charge in [-0.2, -0.15) is 0 Å². The maximum Gasteiger partial charge on any atom is 0.165 e. The van der Waals surface area contributed by atoms with Gasteiger partial charge in [0.2, 0.25) is 0 Å². The predicted molar refractivity (Wildman–Crippen MR) is 90.2 cm³/mol. The molecule has 0 radical (unpaired) electrons. The summed E-state index contributed by atoms with van der Waals surface area (Å²) in [7, 11) is 2.03. The van der Waals surface area contributed by atoms with Crippen LogP contribution in [0, 0.1) is 0 Å². The van der Waals surface area contributed by atoms with Crippen LogP contribution in [0.25, 0.3) is 0 Å². The van der Waals surface area contributed by atoms with Crippen molar-refractivity contribution in [2.24, 2.45) is 0 Å². The quantitative estimate of drug-likeness (QED) is 0.702. The fourth-order valence-corrected chi connectivity index (χ4v) is 3.34. The van der Waals surface area contributed by atoms with Gasteiger partial charge in [-0.3, -0.25) is 9.80 Å². The number of hydrogen-bond acceptors (Lipinski definition) is 7. The Hall–Kier alpha value is -2.00. The van der Waals surface area contributed by atoms with E-state index in [1.807, 2.05) is 11.7 Å². The Morgan fingerprint density at radius 1 is 1.32 bits per heavy atom. The van der Waals surface area contributed by atoms with E-state index in [-0.39, 0.29) is 6.04 Å². The predicted octanol–water partition coefficient (Wildman–Crippen LogP) is 0.917. The van der Waals surface area contributed by atoms with Gasteiger partial charge >= 0.3 is 0 Å². The number of likely N-dealkylation sites (N-methyl/N-ethyl adjacent to an activating group) is 1. The van der Waals surface area contributed by atoms with Gasteiger partial charge < -0.3 is 0 Å². The summed E-state index contributed by atoms with van der Waals surface area (Å²) >= 11 is 0. The first-order chi connectivity index (χ1) is 12.2. The molecular weight excluding hydrogens is 323 g/mol. The maximum absolute atomic E-state index is 14.0. The van der Waals surface area contributed by atoms with Crippen LogP contribution in [-0.4, -0.2) is 72.3 Å². The minimum absolute atomic E-state index is 0.163. The lowest BCUT2D eigenvalue weighted by molar-refractivity contribution is 0.177. The molecule has 0 aliphatic carbocycles. The van der Waals surface area contributed by atoms with Crippen LogP contribution in [0.2, 0.25) is 0 Å². The molecule has 3 heterocycles. The molecule has 136 valence electrons. The molecule has 1 aliphatic rings.